The molecular weight excluding hydrogens is 488 g/mol. The molecule has 1 aromatic carbocycles. The van der Waals surface area contributed by atoms with Crippen LogP contribution >= 0.6 is 11.6 Å². The summed E-state index contributed by atoms with van der Waals surface area (Å²) < 4.78 is 6.84. The van der Waals surface area contributed by atoms with Crippen molar-refractivity contribution in [2.75, 3.05) is 33.1 Å². The molecule has 1 unspecified atom stereocenters. The number of rotatable bonds is 10. The van der Waals surface area contributed by atoms with Crippen molar-refractivity contribution in [3.05, 3.63) is 61.5 Å². The molecule has 2 aromatic rings. The largest absolute Gasteiger partial charge is 0.383 e. The van der Waals surface area contributed by atoms with Gasteiger partial charge >= 0.3 is 0 Å². The summed E-state index contributed by atoms with van der Waals surface area (Å²) in [7, 11) is 5.93. The van der Waals surface area contributed by atoms with Crippen LogP contribution in [0.5, 0.6) is 0 Å². The highest BCUT2D eigenvalue weighted by Gasteiger charge is 2.27. The lowest BCUT2D eigenvalue weighted by molar-refractivity contribution is 0.0950. The van der Waals surface area contributed by atoms with E-state index >= 15 is 0 Å². The van der Waals surface area contributed by atoms with E-state index in [4.69, 9.17) is 16.3 Å². The quantitative estimate of drug-likeness (QED) is 0.456. The number of benzene rings is 1. The van der Waals surface area contributed by atoms with Crippen LogP contribution in [0.15, 0.2) is 23.0 Å². The molecule has 8 heteroatoms. The number of hydrogen-bond acceptors (Lipinski definition) is 5. The molecule has 1 aromatic heterocycles. The third kappa shape index (κ3) is 7.15. The normalized spacial score (nSPS) is 18.6. The van der Waals surface area contributed by atoms with Crippen molar-refractivity contribution in [1.82, 2.24) is 14.8 Å². The Balaban J connectivity index is 1.73. The third-order valence-corrected chi connectivity index (χ3v) is 8.17. The number of ether oxygens (including phenoxy) is 1. The Hall–Kier alpha value is -2.35. The fraction of sp³-hybridized carbons (Fsp3) is 0.586. The van der Waals surface area contributed by atoms with Crippen molar-refractivity contribution >= 4 is 23.2 Å². The van der Waals surface area contributed by atoms with Crippen LogP contribution in [0, 0.1) is 26.7 Å². The van der Waals surface area contributed by atoms with Gasteiger partial charge in [0.1, 0.15) is 0 Å². The van der Waals surface area contributed by atoms with Gasteiger partial charge in [-0.2, -0.15) is 0 Å². The molecule has 7 nitrogen and oxygen atoms in total. The Bertz CT molecular complexity index is 1150. The predicted molar refractivity (Wildman–Crippen MR) is 152 cm³/mol. The number of hydrogen-bond donors (Lipinski definition) is 2. The van der Waals surface area contributed by atoms with Crippen molar-refractivity contribution in [2.45, 2.75) is 78.6 Å². The standard InChI is InChI=1S/C29H43ClN4O3/c1-18-14-19(2)34(12-13-37-7)29(36)26(18)17-31-28(35)25-15-23(30)16-27(20(25)3)32-21(4)22-8-10-24(11-9-22)33(5)6/h14-16,21-22,24,32H,8-13,17H2,1-7H3,(H,31,35)/t21?,22-,24-. The highest BCUT2D eigenvalue weighted by molar-refractivity contribution is 6.31. The van der Waals surface area contributed by atoms with E-state index in [2.05, 4.69) is 36.6 Å². The molecule has 0 spiro atoms. The first kappa shape index (κ1) is 29.2. The molecule has 0 radical (unpaired) electrons. The van der Waals surface area contributed by atoms with E-state index in [1.807, 2.05) is 32.9 Å². The lowest BCUT2D eigenvalue weighted by atomic mass is 9.81. The van der Waals surface area contributed by atoms with Crippen molar-refractivity contribution in [3.63, 3.8) is 0 Å². The number of halogens is 1. The van der Waals surface area contributed by atoms with E-state index in [1.165, 1.54) is 25.7 Å². The number of methoxy groups -OCH3 is 1. The van der Waals surface area contributed by atoms with E-state index in [0.717, 1.165) is 22.5 Å². The Morgan fingerprint density at radius 3 is 2.46 bits per heavy atom. The fourth-order valence-corrected chi connectivity index (χ4v) is 5.67. The highest BCUT2D eigenvalue weighted by Crippen LogP contribution is 2.32. The summed E-state index contributed by atoms with van der Waals surface area (Å²) in [6.45, 7) is 9.04. The number of anilines is 1. The Labute approximate surface area is 226 Å². The van der Waals surface area contributed by atoms with Gasteiger partial charge in [-0.3, -0.25) is 9.59 Å². The summed E-state index contributed by atoms with van der Waals surface area (Å²) in [6.07, 6.45) is 4.78. The lowest BCUT2D eigenvalue weighted by Gasteiger charge is -2.36. The molecule has 204 valence electrons. The van der Waals surface area contributed by atoms with E-state index in [0.29, 0.717) is 41.3 Å². The molecule has 3 rings (SSSR count). The van der Waals surface area contributed by atoms with Crippen molar-refractivity contribution in [3.8, 4) is 0 Å². The molecule has 0 saturated heterocycles. The van der Waals surface area contributed by atoms with Gasteiger partial charge < -0.3 is 24.8 Å². The summed E-state index contributed by atoms with van der Waals surface area (Å²) in [6, 6.07) is 6.50. The smallest absolute Gasteiger partial charge is 0.256 e. The van der Waals surface area contributed by atoms with Crippen molar-refractivity contribution < 1.29 is 9.53 Å². The summed E-state index contributed by atoms with van der Waals surface area (Å²) in [4.78, 5) is 28.7. The van der Waals surface area contributed by atoms with Gasteiger partial charge in [-0.1, -0.05) is 11.6 Å². The second-order valence-corrected chi connectivity index (χ2v) is 11.1. The monoisotopic (exact) mass is 530 g/mol. The van der Waals surface area contributed by atoms with Gasteiger partial charge in [0.25, 0.3) is 11.5 Å². The first-order valence-corrected chi connectivity index (χ1v) is 13.6. The first-order chi connectivity index (χ1) is 17.5. The van der Waals surface area contributed by atoms with Crippen LogP contribution in [0.4, 0.5) is 5.69 Å². The molecule has 0 aliphatic heterocycles. The average Bonchev–Trinajstić information content (AvgIpc) is 2.85. The molecule has 1 atom stereocenters. The van der Waals surface area contributed by atoms with Gasteiger partial charge in [0.2, 0.25) is 0 Å². The summed E-state index contributed by atoms with van der Waals surface area (Å²) >= 11 is 6.45. The molecule has 0 bridgehead atoms. The topological polar surface area (TPSA) is 75.6 Å². The Morgan fingerprint density at radius 1 is 1.16 bits per heavy atom. The molecule has 1 saturated carbocycles. The van der Waals surface area contributed by atoms with Crippen LogP contribution in [0.1, 0.15) is 65.3 Å². The Kier molecular flexibility index (Phi) is 10.2. The summed E-state index contributed by atoms with van der Waals surface area (Å²) in [5.41, 5.74) is 4.47. The number of aryl methyl sites for hydroxylation is 2. The van der Waals surface area contributed by atoms with Crippen LogP contribution in [-0.4, -0.2) is 55.3 Å². The van der Waals surface area contributed by atoms with Gasteiger partial charge in [0, 0.05) is 59.8 Å². The first-order valence-electron chi connectivity index (χ1n) is 13.2. The van der Waals surface area contributed by atoms with Crippen LogP contribution in [0.3, 0.4) is 0 Å². The fourth-order valence-electron chi connectivity index (χ4n) is 5.46. The van der Waals surface area contributed by atoms with Gasteiger partial charge in [-0.15, -0.1) is 0 Å². The van der Waals surface area contributed by atoms with Crippen LogP contribution < -0.4 is 16.2 Å². The zero-order chi connectivity index (χ0) is 27.3. The number of aromatic nitrogens is 1. The van der Waals surface area contributed by atoms with Crippen molar-refractivity contribution in [2.24, 2.45) is 5.92 Å². The highest BCUT2D eigenvalue weighted by atomic mass is 35.5. The van der Waals surface area contributed by atoms with E-state index in [9.17, 15) is 9.59 Å². The van der Waals surface area contributed by atoms with Gasteiger partial charge in [-0.25, -0.2) is 0 Å². The lowest BCUT2D eigenvalue weighted by Crippen LogP contribution is -2.36. The van der Waals surface area contributed by atoms with Gasteiger partial charge in [-0.05, 0) is 103 Å². The molecule has 1 amide bonds. The number of nitrogens with zero attached hydrogens (tertiary/aromatic N) is 2. The van der Waals surface area contributed by atoms with Crippen LogP contribution in [0.2, 0.25) is 5.02 Å². The zero-order valence-electron chi connectivity index (χ0n) is 23.4. The second-order valence-electron chi connectivity index (χ2n) is 10.7. The molecule has 1 fully saturated rings. The number of carbonyl (C=O) groups is 1. The molecular formula is C29H43ClN4O3. The molecule has 37 heavy (non-hydrogen) atoms. The number of nitrogens with one attached hydrogen (secondary N) is 2. The maximum absolute atomic E-state index is 13.2. The number of pyridine rings is 1. The van der Waals surface area contributed by atoms with Crippen LogP contribution in [0.25, 0.3) is 0 Å². The van der Waals surface area contributed by atoms with Crippen LogP contribution in [-0.2, 0) is 17.8 Å². The van der Waals surface area contributed by atoms with E-state index in [1.54, 1.807) is 17.7 Å². The minimum Gasteiger partial charge on any atom is -0.383 e. The summed E-state index contributed by atoms with van der Waals surface area (Å²) in [5, 5.41) is 7.10. The van der Waals surface area contributed by atoms with E-state index in [-0.39, 0.29) is 24.1 Å². The Morgan fingerprint density at radius 2 is 1.84 bits per heavy atom. The number of amides is 1. The average molecular weight is 531 g/mol. The maximum Gasteiger partial charge on any atom is 0.256 e. The minimum absolute atomic E-state index is 0.0992. The second kappa shape index (κ2) is 12.9. The minimum atomic E-state index is -0.245. The third-order valence-electron chi connectivity index (χ3n) is 7.95. The SMILES string of the molecule is COCCn1c(C)cc(C)c(CNC(=O)c2cc(Cl)cc(NC(C)[C@H]3CC[C@H](N(C)C)CC3)c2C)c1=O. The van der Waals surface area contributed by atoms with Gasteiger partial charge in [0.15, 0.2) is 0 Å². The molecule has 1 heterocycles. The van der Waals surface area contributed by atoms with E-state index < -0.39 is 0 Å². The molecule has 1 aliphatic carbocycles. The molecule has 1 aliphatic rings. The predicted octanol–water partition coefficient (Wildman–Crippen LogP) is 4.92. The van der Waals surface area contributed by atoms with Gasteiger partial charge in [0.05, 0.1) is 6.61 Å². The number of carbonyl (C=O) groups excluding carboxylic acids is 1. The molecule has 2 N–H and O–H groups in total. The summed E-state index contributed by atoms with van der Waals surface area (Å²) in [5.74, 6) is 0.335. The zero-order valence-corrected chi connectivity index (χ0v) is 24.2. The van der Waals surface area contributed by atoms with Crippen molar-refractivity contribution in [1.29, 1.82) is 0 Å². The maximum atomic E-state index is 13.2.